The summed E-state index contributed by atoms with van der Waals surface area (Å²) < 4.78 is 10.3. The number of hydrogen-bond acceptors (Lipinski definition) is 5. The number of aromatic nitrogens is 2. The second-order valence-electron chi connectivity index (χ2n) is 5.21. The van der Waals surface area contributed by atoms with Crippen molar-refractivity contribution in [3.05, 3.63) is 46.6 Å². The van der Waals surface area contributed by atoms with Crippen molar-refractivity contribution in [1.82, 2.24) is 20.4 Å². The standard InChI is InChI=1S/C15H17ClN4O3/c1-10-17-14(19-23-10)13(11-2-4-12(16)5-3-11)18-15(21)20-6-8-22-9-7-20/h2-5,13H,6-9H2,1H3,(H,18,21)/t13-/m1/s1. The van der Waals surface area contributed by atoms with Crippen LogP contribution in [0.2, 0.25) is 5.02 Å². The molecular weight excluding hydrogens is 320 g/mol. The lowest BCUT2D eigenvalue weighted by atomic mass is 10.1. The predicted octanol–water partition coefficient (Wildman–Crippen LogP) is 2.16. The average molecular weight is 337 g/mol. The Balaban J connectivity index is 1.82. The summed E-state index contributed by atoms with van der Waals surface area (Å²) in [5.41, 5.74) is 0.830. The number of carbonyl (C=O) groups is 1. The van der Waals surface area contributed by atoms with Gasteiger partial charge >= 0.3 is 6.03 Å². The van der Waals surface area contributed by atoms with E-state index in [2.05, 4.69) is 15.5 Å². The van der Waals surface area contributed by atoms with Crippen molar-refractivity contribution in [3.63, 3.8) is 0 Å². The Bertz CT molecular complexity index is 668. The van der Waals surface area contributed by atoms with E-state index in [1.165, 1.54) is 0 Å². The number of rotatable bonds is 3. The number of halogens is 1. The summed E-state index contributed by atoms with van der Waals surface area (Å²) in [6, 6.07) is 6.50. The van der Waals surface area contributed by atoms with Crippen LogP contribution < -0.4 is 5.32 Å². The van der Waals surface area contributed by atoms with E-state index in [-0.39, 0.29) is 6.03 Å². The van der Waals surface area contributed by atoms with Gasteiger partial charge in [0.05, 0.1) is 13.2 Å². The fourth-order valence-electron chi connectivity index (χ4n) is 2.37. The minimum absolute atomic E-state index is 0.185. The van der Waals surface area contributed by atoms with Gasteiger partial charge in [0.15, 0.2) is 5.82 Å². The molecule has 8 heteroatoms. The van der Waals surface area contributed by atoms with Gasteiger partial charge in [0.2, 0.25) is 5.89 Å². The second-order valence-corrected chi connectivity index (χ2v) is 5.64. The first-order valence-electron chi connectivity index (χ1n) is 7.32. The Hall–Kier alpha value is -2.12. The van der Waals surface area contributed by atoms with Gasteiger partial charge in [-0.1, -0.05) is 28.9 Å². The van der Waals surface area contributed by atoms with Crippen LogP contribution in [0.3, 0.4) is 0 Å². The van der Waals surface area contributed by atoms with Crippen molar-refractivity contribution in [2.45, 2.75) is 13.0 Å². The third kappa shape index (κ3) is 3.80. The predicted molar refractivity (Wildman–Crippen MR) is 83.3 cm³/mol. The van der Waals surface area contributed by atoms with E-state index in [9.17, 15) is 4.79 Å². The highest BCUT2D eigenvalue weighted by molar-refractivity contribution is 6.30. The topological polar surface area (TPSA) is 80.5 Å². The molecule has 0 unspecified atom stereocenters. The molecule has 0 spiro atoms. The number of hydrogen-bond donors (Lipinski definition) is 1. The molecule has 3 rings (SSSR count). The first-order chi connectivity index (χ1) is 11.1. The Labute approximate surface area is 138 Å². The molecule has 1 aromatic heterocycles. The summed E-state index contributed by atoms with van der Waals surface area (Å²) in [5, 5.41) is 7.51. The van der Waals surface area contributed by atoms with Gasteiger partial charge < -0.3 is 19.5 Å². The van der Waals surface area contributed by atoms with Crippen LogP contribution in [0.1, 0.15) is 23.3 Å². The SMILES string of the molecule is Cc1nc([C@H](NC(=O)N2CCOCC2)c2ccc(Cl)cc2)no1. The van der Waals surface area contributed by atoms with E-state index in [4.69, 9.17) is 20.9 Å². The summed E-state index contributed by atoms with van der Waals surface area (Å²) in [6.45, 7) is 3.91. The first kappa shape index (κ1) is 15.8. The number of urea groups is 1. The van der Waals surface area contributed by atoms with Crippen LogP contribution in [-0.2, 0) is 4.74 Å². The van der Waals surface area contributed by atoms with Gasteiger partial charge in [0, 0.05) is 25.0 Å². The van der Waals surface area contributed by atoms with Crippen molar-refractivity contribution in [1.29, 1.82) is 0 Å². The maximum atomic E-state index is 12.5. The quantitative estimate of drug-likeness (QED) is 0.929. The third-order valence-corrected chi connectivity index (χ3v) is 3.82. The van der Waals surface area contributed by atoms with Gasteiger partial charge in [-0.15, -0.1) is 0 Å². The maximum Gasteiger partial charge on any atom is 0.318 e. The minimum Gasteiger partial charge on any atom is -0.378 e. The molecule has 122 valence electrons. The fraction of sp³-hybridized carbons (Fsp3) is 0.400. The molecule has 1 aliphatic heterocycles. The van der Waals surface area contributed by atoms with Crippen LogP contribution in [0, 0.1) is 6.92 Å². The largest absolute Gasteiger partial charge is 0.378 e. The highest BCUT2D eigenvalue weighted by Gasteiger charge is 2.25. The van der Waals surface area contributed by atoms with Crippen LogP contribution in [0.15, 0.2) is 28.8 Å². The lowest BCUT2D eigenvalue weighted by molar-refractivity contribution is 0.0527. The van der Waals surface area contributed by atoms with Gasteiger partial charge in [-0.25, -0.2) is 4.79 Å². The molecule has 1 atom stereocenters. The highest BCUT2D eigenvalue weighted by atomic mass is 35.5. The second kappa shape index (κ2) is 6.97. The van der Waals surface area contributed by atoms with E-state index in [1.807, 2.05) is 12.1 Å². The monoisotopic (exact) mass is 336 g/mol. The Kier molecular flexibility index (Phi) is 4.78. The summed E-state index contributed by atoms with van der Waals surface area (Å²) in [4.78, 5) is 18.4. The smallest absolute Gasteiger partial charge is 0.318 e. The molecule has 0 radical (unpaired) electrons. The zero-order chi connectivity index (χ0) is 16.2. The number of morpholine rings is 1. The normalized spacial score (nSPS) is 16.2. The molecule has 2 amide bonds. The molecule has 7 nitrogen and oxygen atoms in total. The summed E-state index contributed by atoms with van der Waals surface area (Å²) in [7, 11) is 0. The lowest BCUT2D eigenvalue weighted by Gasteiger charge is -2.28. The molecule has 0 bridgehead atoms. The molecule has 2 heterocycles. The van der Waals surface area contributed by atoms with E-state index >= 15 is 0 Å². The molecule has 1 aliphatic rings. The van der Waals surface area contributed by atoms with Crippen LogP contribution in [0.4, 0.5) is 4.79 Å². The highest BCUT2D eigenvalue weighted by Crippen LogP contribution is 2.22. The van der Waals surface area contributed by atoms with Crippen LogP contribution in [0.5, 0.6) is 0 Å². The summed E-state index contributed by atoms with van der Waals surface area (Å²) in [5.74, 6) is 0.853. The van der Waals surface area contributed by atoms with Gasteiger partial charge in [-0.2, -0.15) is 4.98 Å². The van der Waals surface area contributed by atoms with Crippen molar-refractivity contribution >= 4 is 17.6 Å². The molecule has 23 heavy (non-hydrogen) atoms. The van der Waals surface area contributed by atoms with Crippen LogP contribution in [-0.4, -0.2) is 47.4 Å². The molecular formula is C15H17ClN4O3. The van der Waals surface area contributed by atoms with Gasteiger partial charge in [0.1, 0.15) is 6.04 Å². The number of nitrogens with one attached hydrogen (secondary N) is 1. The van der Waals surface area contributed by atoms with E-state index in [1.54, 1.807) is 24.0 Å². The molecule has 1 N–H and O–H groups in total. The van der Waals surface area contributed by atoms with Crippen molar-refractivity contribution < 1.29 is 14.1 Å². The Morgan fingerprint density at radius 2 is 2.00 bits per heavy atom. The Morgan fingerprint density at radius 3 is 2.61 bits per heavy atom. The number of ether oxygens (including phenoxy) is 1. The van der Waals surface area contributed by atoms with E-state index in [0.29, 0.717) is 43.0 Å². The number of nitrogens with zero attached hydrogens (tertiary/aromatic N) is 3. The van der Waals surface area contributed by atoms with Gasteiger partial charge in [0.25, 0.3) is 0 Å². The van der Waals surface area contributed by atoms with Crippen molar-refractivity contribution in [2.75, 3.05) is 26.3 Å². The van der Waals surface area contributed by atoms with Crippen LogP contribution >= 0.6 is 11.6 Å². The van der Waals surface area contributed by atoms with Gasteiger partial charge in [-0.05, 0) is 17.7 Å². The molecule has 1 saturated heterocycles. The number of amides is 2. The number of aryl methyl sites for hydroxylation is 1. The molecule has 1 aromatic carbocycles. The molecule has 0 aliphatic carbocycles. The molecule has 2 aromatic rings. The van der Waals surface area contributed by atoms with Crippen molar-refractivity contribution in [2.24, 2.45) is 0 Å². The zero-order valence-corrected chi connectivity index (χ0v) is 13.4. The fourth-order valence-corrected chi connectivity index (χ4v) is 2.49. The summed E-state index contributed by atoms with van der Waals surface area (Å²) >= 11 is 5.93. The zero-order valence-electron chi connectivity index (χ0n) is 12.7. The van der Waals surface area contributed by atoms with Gasteiger partial charge in [-0.3, -0.25) is 0 Å². The summed E-state index contributed by atoms with van der Waals surface area (Å²) in [6.07, 6.45) is 0. The number of benzene rings is 1. The minimum atomic E-state index is -0.500. The van der Waals surface area contributed by atoms with Crippen LogP contribution in [0.25, 0.3) is 0 Å². The Morgan fingerprint density at radius 1 is 1.30 bits per heavy atom. The van der Waals surface area contributed by atoms with E-state index < -0.39 is 6.04 Å². The average Bonchev–Trinajstić information content (AvgIpc) is 3.00. The molecule has 1 fully saturated rings. The third-order valence-electron chi connectivity index (χ3n) is 3.57. The van der Waals surface area contributed by atoms with Crippen molar-refractivity contribution in [3.8, 4) is 0 Å². The van der Waals surface area contributed by atoms with E-state index in [0.717, 1.165) is 5.56 Å². The number of carbonyl (C=O) groups excluding carboxylic acids is 1. The molecule has 0 saturated carbocycles. The maximum absolute atomic E-state index is 12.5. The lowest BCUT2D eigenvalue weighted by Crippen LogP contribution is -2.47. The first-order valence-corrected chi connectivity index (χ1v) is 7.70.